The van der Waals surface area contributed by atoms with Crippen molar-refractivity contribution in [2.24, 2.45) is 0 Å². The first kappa shape index (κ1) is 19.9. The first-order valence-electron chi connectivity index (χ1n) is 9.97. The number of carbonyl (C=O) groups is 2. The topological polar surface area (TPSA) is 109 Å². The fourth-order valence-electron chi connectivity index (χ4n) is 3.53. The van der Waals surface area contributed by atoms with E-state index in [1.54, 1.807) is 35.3 Å². The lowest BCUT2D eigenvalue weighted by molar-refractivity contribution is -0.117. The van der Waals surface area contributed by atoms with Crippen LogP contribution in [0.1, 0.15) is 24.2 Å². The maximum atomic E-state index is 12.4. The van der Waals surface area contributed by atoms with Crippen LogP contribution in [0.4, 0.5) is 11.5 Å². The van der Waals surface area contributed by atoms with Crippen molar-refractivity contribution in [2.75, 3.05) is 42.9 Å². The van der Waals surface area contributed by atoms with Crippen molar-refractivity contribution in [1.82, 2.24) is 29.9 Å². The highest BCUT2D eigenvalue weighted by Crippen LogP contribution is 2.21. The number of anilines is 2. The molecule has 0 unspecified atom stereocenters. The van der Waals surface area contributed by atoms with Crippen molar-refractivity contribution in [3.8, 4) is 0 Å². The van der Waals surface area contributed by atoms with Gasteiger partial charge in [0.05, 0.1) is 6.54 Å². The zero-order chi connectivity index (χ0) is 21.1. The number of nitrogens with zero attached hydrogens (tertiary/aromatic N) is 7. The molecule has 0 radical (unpaired) electrons. The van der Waals surface area contributed by atoms with E-state index in [0.29, 0.717) is 29.9 Å². The van der Waals surface area contributed by atoms with Gasteiger partial charge in [0.2, 0.25) is 5.91 Å². The van der Waals surface area contributed by atoms with Gasteiger partial charge in [-0.3, -0.25) is 14.5 Å². The van der Waals surface area contributed by atoms with E-state index in [-0.39, 0.29) is 11.7 Å². The molecule has 1 fully saturated rings. The van der Waals surface area contributed by atoms with Crippen molar-refractivity contribution in [2.45, 2.75) is 20.4 Å². The summed E-state index contributed by atoms with van der Waals surface area (Å²) in [4.78, 5) is 36.7. The van der Waals surface area contributed by atoms with Crippen molar-refractivity contribution in [3.05, 3.63) is 36.2 Å². The Labute approximate surface area is 173 Å². The molecule has 1 amide bonds. The van der Waals surface area contributed by atoms with Crippen LogP contribution in [0.25, 0.3) is 11.2 Å². The van der Waals surface area contributed by atoms with E-state index in [2.05, 4.69) is 35.4 Å². The molecular formula is C20H24N8O2. The van der Waals surface area contributed by atoms with E-state index in [1.807, 2.05) is 6.92 Å². The highest BCUT2D eigenvalue weighted by molar-refractivity contribution is 5.96. The monoisotopic (exact) mass is 408 g/mol. The molecule has 30 heavy (non-hydrogen) atoms. The Morgan fingerprint density at radius 2 is 1.80 bits per heavy atom. The number of fused-ring (bicyclic) bond motifs is 1. The molecule has 0 spiro atoms. The Kier molecular flexibility index (Phi) is 5.66. The lowest BCUT2D eigenvalue weighted by Crippen LogP contribution is -2.49. The van der Waals surface area contributed by atoms with Gasteiger partial charge < -0.3 is 10.2 Å². The summed E-state index contributed by atoms with van der Waals surface area (Å²) in [6.07, 6.45) is 1.55. The molecular weight excluding hydrogens is 384 g/mol. The number of ketones is 1. The molecule has 4 rings (SSSR count). The lowest BCUT2D eigenvalue weighted by atomic mass is 10.1. The summed E-state index contributed by atoms with van der Waals surface area (Å²) in [6.45, 7) is 7.50. The molecule has 0 saturated carbocycles. The Bertz CT molecular complexity index is 1050. The molecule has 0 atom stereocenters. The normalized spacial score (nSPS) is 14.8. The van der Waals surface area contributed by atoms with Crippen LogP contribution >= 0.6 is 0 Å². The van der Waals surface area contributed by atoms with Crippen molar-refractivity contribution in [3.63, 3.8) is 0 Å². The van der Waals surface area contributed by atoms with Crippen LogP contribution in [0.15, 0.2) is 30.6 Å². The molecule has 1 aliphatic rings. The third kappa shape index (κ3) is 4.13. The van der Waals surface area contributed by atoms with Gasteiger partial charge in [-0.05, 0) is 38.1 Å². The van der Waals surface area contributed by atoms with Gasteiger partial charge >= 0.3 is 0 Å². The van der Waals surface area contributed by atoms with Crippen molar-refractivity contribution in [1.29, 1.82) is 0 Å². The van der Waals surface area contributed by atoms with Crippen LogP contribution in [0.3, 0.4) is 0 Å². The number of nitrogens with one attached hydrogen (secondary N) is 1. The number of aromatic nitrogens is 5. The van der Waals surface area contributed by atoms with Gasteiger partial charge in [-0.2, -0.15) is 0 Å². The quantitative estimate of drug-likeness (QED) is 0.606. The van der Waals surface area contributed by atoms with Gasteiger partial charge in [0.15, 0.2) is 22.8 Å². The van der Waals surface area contributed by atoms with Gasteiger partial charge in [-0.25, -0.2) is 14.6 Å². The molecule has 156 valence electrons. The van der Waals surface area contributed by atoms with Gasteiger partial charge in [-0.1, -0.05) is 5.21 Å². The van der Waals surface area contributed by atoms with Crippen LogP contribution in [0, 0.1) is 0 Å². The van der Waals surface area contributed by atoms with Crippen LogP contribution in [0.5, 0.6) is 0 Å². The maximum absolute atomic E-state index is 12.4. The number of aryl methyl sites for hydroxylation is 1. The Balaban J connectivity index is 1.33. The van der Waals surface area contributed by atoms with E-state index in [4.69, 9.17) is 0 Å². The maximum Gasteiger partial charge on any atom is 0.238 e. The van der Waals surface area contributed by atoms with Crippen LogP contribution in [-0.4, -0.2) is 74.3 Å². The summed E-state index contributed by atoms with van der Waals surface area (Å²) < 4.78 is 1.75. The van der Waals surface area contributed by atoms with E-state index in [0.717, 1.165) is 37.6 Å². The number of amides is 1. The van der Waals surface area contributed by atoms with Crippen LogP contribution < -0.4 is 10.2 Å². The van der Waals surface area contributed by atoms with E-state index >= 15 is 0 Å². The molecule has 3 heterocycles. The summed E-state index contributed by atoms with van der Waals surface area (Å²) in [6, 6.07) is 6.93. The fourth-order valence-corrected chi connectivity index (χ4v) is 3.53. The van der Waals surface area contributed by atoms with E-state index < -0.39 is 0 Å². The molecule has 0 aliphatic carbocycles. The van der Waals surface area contributed by atoms with Crippen LogP contribution in [-0.2, 0) is 11.3 Å². The average Bonchev–Trinajstić information content (AvgIpc) is 3.18. The van der Waals surface area contributed by atoms with Gasteiger partial charge in [0.25, 0.3) is 0 Å². The Morgan fingerprint density at radius 3 is 2.47 bits per heavy atom. The number of carbonyl (C=O) groups excluding carboxylic acids is 2. The molecule has 3 aromatic rings. The number of hydrogen-bond donors (Lipinski definition) is 1. The SMILES string of the molecule is CCn1nnc2c(N3CCN(CC(=O)Nc4ccc(C(C)=O)cc4)CC3)ncnc21. The molecule has 10 heteroatoms. The molecule has 1 aromatic carbocycles. The smallest absolute Gasteiger partial charge is 0.238 e. The molecule has 0 bridgehead atoms. The summed E-state index contributed by atoms with van der Waals surface area (Å²) in [5.74, 6) is 0.715. The second-order valence-corrected chi connectivity index (χ2v) is 7.22. The number of piperazine rings is 1. The number of Topliss-reactive ketones (excluding diaryl/α,β-unsaturated/α-hetero) is 1. The minimum atomic E-state index is -0.0747. The van der Waals surface area contributed by atoms with Crippen molar-refractivity contribution >= 4 is 34.4 Å². The largest absolute Gasteiger partial charge is 0.352 e. The zero-order valence-electron chi connectivity index (χ0n) is 17.1. The third-order valence-corrected chi connectivity index (χ3v) is 5.19. The Morgan fingerprint density at radius 1 is 1.07 bits per heavy atom. The van der Waals surface area contributed by atoms with Gasteiger partial charge in [0, 0.05) is 44.0 Å². The second kappa shape index (κ2) is 8.54. The molecule has 1 N–H and O–H groups in total. The summed E-state index contributed by atoms with van der Waals surface area (Å²) in [5, 5.41) is 11.3. The molecule has 2 aromatic heterocycles. The highest BCUT2D eigenvalue weighted by Gasteiger charge is 2.23. The first-order chi connectivity index (χ1) is 14.5. The zero-order valence-corrected chi connectivity index (χ0v) is 17.1. The number of benzene rings is 1. The summed E-state index contributed by atoms with van der Waals surface area (Å²) in [5.41, 5.74) is 2.76. The highest BCUT2D eigenvalue weighted by atomic mass is 16.2. The van der Waals surface area contributed by atoms with Gasteiger partial charge in [0.1, 0.15) is 6.33 Å². The summed E-state index contributed by atoms with van der Waals surface area (Å²) >= 11 is 0. The summed E-state index contributed by atoms with van der Waals surface area (Å²) in [7, 11) is 0. The third-order valence-electron chi connectivity index (χ3n) is 5.19. The van der Waals surface area contributed by atoms with Gasteiger partial charge in [-0.15, -0.1) is 5.10 Å². The van der Waals surface area contributed by atoms with Crippen molar-refractivity contribution < 1.29 is 9.59 Å². The standard InChI is InChI=1S/C20H24N8O2/c1-3-28-20-18(24-25-28)19(21-13-22-20)27-10-8-26(9-11-27)12-17(30)23-16-6-4-15(5-7-16)14(2)29/h4-7,13H,3,8-12H2,1-2H3,(H,23,30). The van der Waals surface area contributed by atoms with Crippen LogP contribution in [0.2, 0.25) is 0 Å². The molecule has 1 aliphatic heterocycles. The molecule has 1 saturated heterocycles. The second-order valence-electron chi connectivity index (χ2n) is 7.22. The average molecular weight is 408 g/mol. The number of hydrogen-bond acceptors (Lipinski definition) is 8. The van der Waals surface area contributed by atoms with E-state index in [9.17, 15) is 9.59 Å². The Hall–Kier alpha value is -3.40. The molecule has 10 nitrogen and oxygen atoms in total. The minimum absolute atomic E-state index is 0.00366. The predicted molar refractivity (Wildman–Crippen MR) is 113 cm³/mol. The minimum Gasteiger partial charge on any atom is -0.352 e. The first-order valence-corrected chi connectivity index (χ1v) is 9.97. The van der Waals surface area contributed by atoms with E-state index in [1.165, 1.54) is 6.92 Å². The lowest BCUT2D eigenvalue weighted by Gasteiger charge is -2.34. The fraction of sp³-hybridized carbons (Fsp3) is 0.400. The predicted octanol–water partition coefficient (Wildman–Crippen LogP) is 1.20. The number of rotatable bonds is 6.